The van der Waals surface area contributed by atoms with E-state index in [1.807, 2.05) is 0 Å². The topological polar surface area (TPSA) is 20.3 Å². The SMILES string of the molecule is CCN1C(=O)CSC1(C(F)(F)Cl)C(F)(F)Cl. The molecule has 0 atom stereocenters. The Morgan fingerprint density at radius 1 is 1.38 bits per heavy atom. The molecule has 9 heteroatoms. The van der Waals surface area contributed by atoms with E-state index < -0.39 is 27.3 Å². The summed E-state index contributed by atoms with van der Waals surface area (Å²) in [6.45, 7) is 0.972. The van der Waals surface area contributed by atoms with E-state index in [0.29, 0.717) is 4.90 Å². The van der Waals surface area contributed by atoms with E-state index in [1.165, 1.54) is 6.92 Å². The zero-order valence-electron chi connectivity index (χ0n) is 7.95. The summed E-state index contributed by atoms with van der Waals surface area (Å²) in [6.07, 6.45) is 0. The molecule has 0 aromatic rings. The Morgan fingerprint density at radius 3 is 2.06 bits per heavy atom. The van der Waals surface area contributed by atoms with Crippen molar-refractivity contribution in [2.24, 2.45) is 0 Å². The summed E-state index contributed by atoms with van der Waals surface area (Å²) < 4.78 is 52.7. The van der Waals surface area contributed by atoms with Crippen LogP contribution in [0.1, 0.15) is 6.92 Å². The quantitative estimate of drug-likeness (QED) is 0.590. The maximum atomic E-state index is 13.2. The summed E-state index contributed by atoms with van der Waals surface area (Å²) in [7, 11) is 0. The van der Waals surface area contributed by atoms with Crippen LogP contribution in [0.2, 0.25) is 0 Å². The van der Waals surface area contributed by atoms with Crippen molar-refractivity contribution in [3.05, 3.63) is 0 Å². The maximum Gasteiger partial charge on any atom is 0.361 e. The Hall–Kier alpha value is 0.120. The second-order valence-electron chi connectivity index (χ2n) is 3.07. The monoisotopic (exact) mass is 299 g/mol. The molecule has 16 heavy (non-hydrogen) atoms. The largest absolute Gasteiger partial charge is 0.361 e. The molecule has 1 aliphatic rings. The maximum absolute atomic E-state index is 13.2. The Bertz CT molecular complexity index is 290. The molecule has 1 amide bonds. The smallest absolute Gasteiger partial charge is 0.315 e. The molecule has 1 rings (SSSR count). The molecule has 0 aromatic heterocycles. The number of halogens is 6. The molecule has 1 saturated heterocycles. The lowest BCUT2D eigenvalue weighted by Gasteiger charge is -2.41. The number of rotatable bonds is 3. The minimum atomic E-state index is -4.33. The average Bonchev–Trinajstić information content (AvgIpc) is 2.40. The second kappa shape index (κ2) is 4.10. The van der Waals surface area contributed by atoms with Crippen molar-refractivity contribution in [1.29, 1.82) is 0 Å². The molecule has 0 aromatic carbocycles. The van der Waals surface area contributed by atoms with Crippen LogP contribution in [-0.4, -0.2) is 38.7 Å². The van der Waals surface area contributed by atoms with Gasteiger partial charge in [-0.2, -0.15) is 17.6 Å². The van der Waals surface area contributed by atoms with E-state index in [2.05, 4.69) is 0 Å². The molecule has 1 heterocycles. The van der Waals surface area contributed by atoms with Crippen molar-refractivity contribution in [3.8, 4) is 0 Å². The molecule has 0 aliphatic carbocycles. The minimum Gasteiger partial charge on any atom is -0.315 e. The van der Waals surface area contributed by atoms with Crippen molar-refractivity contribution < 1.29 is 22.4 Å². The predicted octanol–water partition coefficient (Wildman–Crippen LogP) is 2.94. The fourth-order valence-corrected chi connectivity index (χ4v) is 3.55. The first-order valence-electron chi connectivity index (χ1n) is 4.15. The first-order chi connectivity index (χ1) is 7.08. The van der Waals surface area contributed by atoms with Crippen LogP contribution in [-0.2, 0) is 4.79 Å². The van der Waals surface area contributed by atoms with E-state index in [0.717, 1.165) is 0 Å². The van der Waals surface area contributed by atoms with E-state index in [-0.39, 0.29) is 18.3 Å². The lowest BCUT2D eigenvalue weighted by Crippen LogP contribution is -2.62. The minimum absolute atomic E-state index is 0.0570. The van der Waals surface area contributed by atoms with Crippen molar-refractivity contribution in [1.82, 2.24) is 4.90 Å². The molecule has 0 unspecified atom stereocenters. The lowest BCUT2D eigenvalue weighted by atomic mass is 10.2. The summed E-state index contributed by atoms with van der Waals surface area (Å²) in [4.78, 5) is 8.33. The van der Waals surface area contributed by atoms with Gasteiger partial charge >= 0.3 is 10.8 Å². The van der Waals surface area contributed by atoms with Crippen LogP contribution < -0.4 is 0 Å². The molecule has 0 saturated carbocycles. The first-order valence-corrected chi connectivity index (χ1v) is 5.90. The Labute approximate surface area is 103 Å². The number of thioether (sulfide) groups is 1. The zero-order chi connectivity index (χ0) is 12.8. The van der Waals surface area contributed by atoms with Gasteiger partial charge in [0.2, 0.25) is 10.8 Å². The van der Waals surface area contributed by atoms with Gasteiger partial charge in [-0.15, -0.1) is 11.8 Å². The Kier molecular flexibility index (Phi) is 3.63. The Balaban J connectivity index is 3.32. The lowest BCUT2D eigenvalue weighted by molar-refractivity contribution is -0.154. The number of nitrogens with zero attached hydrogens (tertiary/aromatic N) is 1. The molecule has 94 valence electrons. The van der Waals surface area contributed by atoms with Gasteiger partial charge in [0.1, 0.15) is 0 Å². The van der Waals surface area contributed by atoms with E-state index in [9.17, 15) is 22.4 Å². The zero-order valence-corrected chi connectivity index (χ0v) is 10.3. The summed E-state index contributed by atoms with van der Waals surface area (Å²) in [5, 5.41) is -8.66. The summed E-state index contributed by atoms with van der Waals surface area (Å²) >= 11 is 9.47. The van der Waals surface area contributed by atoms with Gasteiger partial charge < -0.3 is 4.90 Å². The van der Waals surface area contributed by atoms with Crippen molar-refractivity contribution >= 4 is 40.9 Å². The molecule has 0 bridgehead atoms. The second-order valence-corrected chi connectivity index (χ2v) is 5.18. The van der Waals surface area contributed by atoms with Gasteiger partial charge in [0, 0.05) is 6.54 Å². The number of amides is 1. The molecule has 0 N–H and O–H groups in total. The van der Waals surface area contributed by atoms with E-state index in [4.69, 9.17) is 23.2 Å². The molecular formula is C7H7Cl2F4NOS. The summed E-state index contributed by atoms with van der Waals surface area (Å²) in [5.41, 5.74) is 0. The molecular weight excluding hydrogens is 293 g/mol. The van der Waals surface area contributed by atoms with Gasteiger partial charge in [-0.1, -0.05) is 0 Å². The standard InChI is InChI=1S/C7H7Cl2F4NOS/c1-2-14-4(15)3-16-5(14,6(8,10)11)7(9,12)13/h2-3H2,1H3. The third kappa shape index (κ3) is 1.86. The molecule has 1 fully saturated rings. The number of hydrogen-bond donors (Lipinski definition) is 0. The van der Waals surface area contributed by atoms with E-state index >= 15 is 0 Å². The third-order valence-corrected chi connectivity index (χ3v) is 4.48. The number of carbonyl (C=O) groups excluding carboxylic acids is 1. The van der Waals surface area contributed by atoms with Crippen LogP contribution in [0.25, 0.3) is 0 Å². The Morgan fingerprint density at radius 2 is 1.81 bits per heavy atom. The highest BCUT2D eigenvalue weighted by Gasteiger charge is 2.74. The normalized spacial score (nSPS) is 21.7. The van der Waals surface area contributed by atoms with Gasteiger partial charge in [0.15, 0.2) is 0 Å². The molecule has 0 spiro atoms. The number of hydrogen-bond acceptors (Lipinski definition) is 2. The molecule has 0 radical (unpaired) electrons. The van der Waals surface area contributed by atoms with Crippen molar-refractivity contribution in [3.63, 3.8) is 0 Å². The summed E-state index contributed by atoms with van der Waals surface area (Å²) in [6, 6.07) is 0. The van der Waals surface area contributed by atoms with E-state index in [1.54, 1.807) is 0 Å². The molecule has 1 aliphatic heterocycles. The highest BCUT2D eigenvalue weighted by atomic mass is 35.5. The summed E-state index contributed by atoms with van der Waals surface area (Å²) in [5.74, 6) is -1.34. The van der Waals surface area contributed by atoms with Gasteiger partial charge in [0.25, 0.3) is 0 Å². The third-order valence-electron chi connectivity index (χ3n) is 2.17. The highest BCUT2D eigenvalue weighted by molar-refractivity contribution is 8.02. The van der Waals surface area contributed by atoms with Crippen LogP contribution in [0.5, 0.6) is 0 Å². The van der Waals surface area contributed by atoms with Crippen LogP contribution in [0.4, 0.5) is 17.6 Å². The van der Waals surface area contributed by atoms with Gasteiger partial charge in [-0.3, -0.25) is 4.79 Å². The van der Waals surface area contributed by atoms with Crippen LogP contribution >= 0.6 is 35.0 Å². The highest BCUT2D eigenvalue weighted by Crippen LogP contribution is 2.58. The van der Waals surface area contributed by atoms with Crippen LogP contribution in [0.15, 0.2) is 0 Å². The van der Waals surface area contributed by atoms with Gasteiger partial charge in [0.05, 0.1) is 5.75 Å². The van der Waals surface area contributed by atoms with Crippen LogP contribution in [0.3, 0.4) is 0 Å². The van der Waals surface area contributed by atoms with Crippen LogP contribution in [0, 0.1) is 0 Å². The van der Waals surface area contributed by atoms with Gasteiger partial charge in [-0.05, 0) is 30.1 Å². The first kappa shape index (κ1) is 14.2. The fraction of sp³-hybridized carbons (Fsp3) is 0.857. The fourth-order valence-electron chi connectivity index (χ4n) is 1.53. The average molecular weight is 300 g/mol. The molecule has 2 nitrogen and oxygen atoms in total. The van der Waals surface area contributed by atoms with Crippen molar-refractivity contribution in [2.75, 3.05) is 12.3 Å². The van der Waals surface area contributed by atoms with Gasteiger partial charge in [-0.25, -0.2) is 0 Å². The number of alkyl halides is 6. The predicted molar refractivity (Wildman–Crippen MR) is 54.2 cm³/mol. The number of carbonyl (C=O) groups is 1. The van der Waals surface area contributed by atoms with Crippen molar-refractivity contribution in [2.45, 2.75) is 22.6 Å².